The van der Waals surface area contributed by atoms with Gasteiger partial charge in [-0.1, -0.05) is 30.3 Å². The Hall–Kier alpha value is -1.76. The monoisotopic (exact) mass is 385 g/mol. The summed E-state index contributed by atoms with van der Waals surface area (Å²) in [4.78, 5) is 4.74. The molecule has 2 aromatic rings. The Morgan fingerprint density at radius 2 is 1.74 bits per heavy atom. The molecular formula is C21H27N3O2S. The van der Waals surface area contributed by atoms with Gasteiger partial charge in [-0.3, -0.25) is 4.98 Å². The third-order valence-corrected chi connectivity index (χ3v) is 7.57. The van der Waals surface area contributed by atoms with Crippen LogP contribution in [-0.4, -0.2) is 48.2 Å². The van der Waals surface area contributed by atoms with E-state index < -0.39 is 10.2 Å². The molecule has 5 nitrogen and oxygen atoms in total. The number of nitrogens with zero attached hydrogens (tertiary/aromatic N) is 3. The van der Waals surface area contributed by atoms with E-state index in [2.05, 4.69) is 36.4 Å². The Labute approximate surface area is 162 Å². The van der Waals surface area contributed by atoms with Gasteiger partial charge in [0.05, 0.1) is 0 Å². The third kappa shape index (κ3) is 4.08. The SMILES string of the molecule is Cc1cc(Cc2ccccc2)cc(C2CCN(S(=O)(=O)N3CCCC3)C2)n1. The van der Waals surface area contributed by atoms with Crippen molar-refractivity contribution in [3.8, 4) is 0 Å². The molecule has 4 rings (SSSR count). The first-order chi connectivity index (χ1) is 13.0. The first-order valence-electron chi connectivity index (χ1n) is 9.79. The Balaban J connectivity index is 1.50. The van der Waals surface area contributed by atoms with Gasteiger partial charge in [-0.15, -0.1) is 0 Å². The van der Waals surface area contributed by atoms with E-state index in [1.165, 1.54) is 11.1 Å². The first-order valence-corrected chi connectivity index (χ1v) is 11.2. The van der Waals surface area contributed by atoms with Gasteiger partial charge in [-0.05, 0) is 55.9 Å². The van der Waals surface area contributed by atoms with Crippen LogP contribution in [0.3, 0.4) is 0 Å². The molecule has 3 heterocycles. The zero-order valence-electron chi connectivity index (χ0n) is 15.8. The van der Waals surface area contributed by atoms with Gasteiger partial charge in [-0.2, -0.15) is 17.0 Å². The Kier molecular flexibility index (Phi) is 5.30. The van der Waals surface area contributed by atoms with Gasteiger partial charge in [0.25, 0.3) is 10.2 Å². The second kappa shape index (κ2) is 7.70. The van der Waals surface area contributed by atoms with Gasteiger partial charge in [0.1, 0.15) is 0 Å². The number of hydrogen-bond donors (Lipinski definition) is 0. The maximum Gasteiger partial charge on any atom is 0.281 e. The standard InChI is InChI=1S/C21H27N3O2S/c1-17-13-19(14-18-7-3-2-4-8-18)15-21(22-17)20-9-12-24(16-20)27(25,26)23-10-5-6-11-23/h2-4,7-8,13,15,20H,5-6,9-12,14,16H2,1H3. The lowest BCUT2D eigenvalue weighted by molar-refractivity contribution is 0.395. The van der Waals surface area contributed by atoms with Crippen LogP contribution in [0.4, 0.5) is 0 Å². The maximum absolute atomic E-state index is 12.8. The average Bonchev–Trinajstić information content (AvgIpc) is 3.35. The highest BCUT2D eigenvalue weighted by atomic mass is 32.2. The molecule has 1 aromatic carbocycles. The summed E-state index contributed by atoms with van der Waals surface area (Å²) in [5, 5.41) is 0. The molecule has 6 heteroatoms. The van der Waals surface area contributed by atoms with Crippen LogP contribution in [0.1, 0.15) is 47.7 Å². The van der Waals surface area contributed by atoms with Gasteiger partial charge >= 0.3 is 0 Å². The summed E-state index contributed by atoms with van der Waals surface area (Å²) >= 11 is 0. The highest BCUT2D eigenvalue weighted by Crippen LogP contribution is 2.30. The lowest BCUT2D eigenvalue weighted by atomic mass is 9.99. The van der Waals surface area contributed by atoms with E-state index in [1.807, 2.05) is 13.0 Å². The summed E-state index contributed by atoms with van der Waals surface area (Å²) in [6.45, 7) is 4.47. The zero-order valence-corrected chi connectivity index (χ0v) is 16.7. The van der Waals surface area contributed by atoms with Crippen molar-refractivity contribution in [1.82, 2.24) is 13.6 Å². The van der Waals surface area contributed by atoms with E-state index in [9.17, 15) is 8.42 Å². The number of aryl methyl sites for hydroxylation is 1. The average molecular weight is 386 g/mol. The molecule has 0 N–H and O–H groups in total. The topological polar surface area (TPSA) is 53.5 Å². The third-order valence-electron chi connectivity index (χ3n) is 5.57. The van der Waals surface area contributed by atoms with E-state index in [-0.39, 0.29) is 5.92 Å². The summed E-state index contributed by atoms with van der Waals surface area (Å²) in [6, 6.07) is 14.7. The van der Waals surface area contributed by atoms with E-state index in [1.54, 1.807) is 8.61 Å². The van der Waals surface area contributed by atoms with Crippen LogP contribution in [0, 0.1) is 6.92 Å². The quantitative estimate of drug-likeness (QED) is 0.795. The zero-order chi connectivity index (χ0) is 18.9. The molecule has 0 amide bonds. The summed E-state index contributed by atoms with van der Waals surface area (Å²) in [6.07, 6.45) is 3.66. The predicted octanol–water partition coefficient (Wildman–Crippen LogP) is 3.11. The number of rotatable bonds is 5. The fraction of sp³-hybridized carbons (Fsp3) is 0.476. The second-order valence-corrected chi connectivity index (χ2v) is 9.59. The van der Waals surface area contributed by atoms with E-state index in [0.717, 1.165) is 37.1 Å². The number of hydrogen-bond acceptors (Lipinski definition) is 3. The van der Waals surface area contributed by atoms with E-state index >= 15 is 0 Å². The van der Waals surface area contributed by atoms with Crippen LogP contribution in [0.25, 0.3) is 0 Å². The van der Waals surface area contributed by atoms with Gasteiger partial charge < -0.3 is 0 Å². The summed E-state index contributed by atoms with van der Waals surface area (Å²) < 4.78 is 28.9. The molecular weight excluding hydrogens is 358 g/mol. The van der Waals surface area contributed by atoms with Crippen LogP contribution in [0.5, 0.6) is 0 Å². The van der Waals surface area contributed by atoms with Crippen molar-refractivity contribution in [1.29, 1.82) is 0 Å². The molecule has 0 aliphatic carbocycles. The molecule has 144 valence electrons. The van der Waals surface area contributed by atoms with Crippen LogP contribution >= 0.6 is 0 Å². The molecule has 1 atom stereocenters. The minimum atomic E-state index is -3.31. The first kappa shape index (κ1) is 18.6. The van der Waals surface area contributed by atoms with Crippen LogP contribution in [0.15, 0.2) is 42.5 Å². The highest BCUT2D eigenvalue weighted by Gasteiger charge is 2.37. The Bertz CT molecular complexity index is 893. The minimum Gasteiger partial charge on any atom is -0.258 e. The normalized spacial score (nSPS) is 21.7. The molecule has 1 aromatic heterocycles. The van der Waals surface area contributed by atoms with E-state index in [4.69, 9.17) is 4.98 Å². The molecule has 0 spiro atoms. The van der Waals surface area contributed by atoms with E-state index in [0.29, 0.717) is 26.2 Å². The fourth-order valence-corrected chi connectivity index (χ4v) is 5.92. The van der Waals surface area contributed by atoms with Crippen molar-refractivity contribution in [3.63, 3.8) is 0 Å². The maximum atomic E-state index is 12.8. The molecule has 0 radical (unpaired) electrons. The lowest BCUT2D eigenvalue weighted by Gasteiger charge is -2.23. The Morgan fingerprint density at radius 1 is 1.00 bits per heavy atom. The van der Waals surface area contributed by atoms with Gasteiger partial charge in [0.2, 0.25) is 0 Å². The molecule has 0 bridgehead atoms. The smallest absolute Gasteiger partial charge is 0.258 e. The molecule has 2 aliphatic rings. The summed E-state index contributed by atoms with van der Waals surface area (Å²) in [7, 11) is -3.31. The van der Waals surface area contributed by atoms with Crippen molar-refractivity contribution < 1.29 is 8.42 Å². The molecule has 0 saturated carbocycles. The van der Waals surface area contributed by atoms with Crippen molar-refractivity contribution in [3.05, 3.63) is 65.0 Å². The largest absolute Gasteiger partial charge is 0.281 e. The van der Waals surface area contributed by atoms with Gasteiger partial charge in [0.15, 0.2) is 0 Å². The second-order valence-electron chi connectivity index (χ2n) is 7.66. The van der Waals surface area contributed by atoms with Gasteiger partial charge in [0, 0.05) is 43.5 Å². The number of benzene rings is 1. The molecule has 1 unspecified atom stereocenters. The van der Waals surface area contributed by atoms with Gasteiger partial charge in [-0.25, -0.2) is 0 Å². The van der Waals surface area contributed by atoms with Crippen molar-refractivity contribution >= 4 is 10.2 Å². The molecule has 2 fully saturated rings. The molecule has 2 saturated heterocycles. The lowest BCUT2D eigenvalue weighted by Crippen LogP contribution is -2.41. The summed E-state index contributed by atoms with van der Waals surface area (Å²) in [5.74, 6) is 0.178. The van der Waals surface area contributed by atoms with Crippen molar-refractivity contribution in [2.45, 2.75) is 38.5 Å². The molecule has 2 aliphatic heterocycles. The van der Waals surface area contributed by atoms with Crippen LogP contribution in [-0.2, 0) is 16.6 Å². The summed E-state index contributed by atoms with van der Waals surface area (Å²) in [5.41, 5.74) is 4.54. The number of pyridine rings is 1. The fourth-order valence-electron chi connectivity index (χ4n) is 4.17. The minimum absolute atomic E-state index is 0.178. The molecule has 27 heavy (non-hydrogen) atoms. The highest BCUT2D eigenvalue weighted by molar-refractivity contribution is 7.86. The number of aromatic nitrogens is 1. The Morgan fingerprint density at radius 3 is 2.48 bits per heavy atom. The predicted molar refractivity (Wildman–Crippen MR) is 107 cm³/mol. The van der Waals surface area contributed by atoms with Crippen LogP contribution < -0.4 is 0 Å². The van der Waals surface area contributed by atoms with Crippen molar-refractivity contribution in [2.24, 2.45) is 0 Å². The van der Waals surface area contributed by atoms with Crippen molar-refractivity contribution in [2.75, 3.05) is 26.2 Å². The van der Waals surface area contributed by atoms with Crippen LogP contribution in [0.2, 0.25) is 0 Å².